The Balaban J connectivity index is 1.66. The molecule has 0 aliphatic heterocycles. The van der Waals surface area contributed by atoms with Crippen molar-refractivity contribution >= 4 is 23.4 Å². The summed E-state index contributed by atoms with van der Waals surface area (Å²) >= 11 is 1.29. The fourth-order valence-electron chi connectivity index (χ4n) is 2.55. The predicted molar refractivity (Wildman–Crippen MR) is 98.4 cm³/mol. The van der Waals surface area contributed by atoms with Crippen LogP contribution in [-0.4, -0.2) is 36.2 Å². The SMILES string of the molecule is Cc1nn(C)c(C)c1NC(=O)CSc1nnc(-c2ccc(F)cc2)n1C. The van der Waals surface area contributed by atoms with Crippen LogP contribution in [0.15, 0.2) is 29.4 Å². The van der Waals surface area contributed by atoms with Gasteiger partial charge in [0.1, 0.15) is 5.82 Å². The van der Waals surface area contributed by atoms with Crippen LogP contribution in [0.2, 0.25) is 0 Å². The number of nitrogens with one attached hydrogen (secondary N) is 1. The van der Waals surface area contributed by atoms with Crippen LogP contribution >= 0.6 is 11.8 Å². The lowest BCUT2D eigenvalue weighted by molar-refractivity contribution is -0.113. The predicted octanol–water partition coefficient (Wildman–Crippen LogP) is 2.70. The molecule has 0 bridgehead atoms. The third kappa shape index (κ3) is 3.62. The lowest BCUT2D eigenvalue weighted by Crippen LogP contribution is -2.15. The van der Waals surface area contributed by atoms with Gasteiger partial charge < -0.3 is 9.88 Å². The van der Waals surface area contributed by atoms with Crippen molar-refractivity contribution in [3.05, 3.63) is 41.5 Å². The maximum absolute atomic E-state index is 13.1. The summed E-state index contributed by atoms with van der Waals surface area (Å²) in [5.74, 6) is 0.374. The van der Waals surface area contributed by atoms with Crippen LogP contribution in [0.4, 0.5) is 10.1 Å². The minimum atomic E-state index is -0.303. The Morgan fingerprint density at radius 2 is 1.88 bits per heavy atom. The molecule has 1 N–H and O–H groups in total. The van der Waals surface area contributed by atoms with Gasteiger partial charge in [-0.3, -0.25) is 9.48 Å². The minimum Gasteiger partial charge on any atom is -0.322 e. The Hall–Kier alpha value is -2.68. The number of carbonyl (C=O) groups is 1. The molecule has 0 aliphatic carbocycles. The van der Waals surface area contributed by atoms with Crippen LogP contribution in [0.25, 0.3) is 11.4 Å². The summed E-state index contributed by atoms with van der Waals surface area (Å²) in [7, 11) is 3.65. The normalized spacial score (nSPS) is 11.0. The fraction of sp³-hybridized carbons (Fsp3) is 0.294. The fourth-order valence-corrected chi connectivity index (χ4v) is 3.26. The number of thioether (sulfide) groups is 1. The van der Waals surface area contributed by atoms with Crippen LogP contribution in [0, 0.1) is 19.7 Å². The first-order chi connectivity index (χ1) is 12.4. The second-order valence-corrected chi connectivity index (χ2v) is 6.82. The van der Waals surface area contributed by atoms with Crippen molar-refractivity contribution in [2.24, 2.45) is 14.1 Å². The summed E-state index contributed by atoms with van der Waals surface area (Å²) in [6, 6.07) is 6.05. The molecule has 2 heterocycles. The van der Waals surface area contributed by atoms with E-state index in [1.807, 2.05) is 27.9 Å². The summed E-state index contributed by atoms with van der Waals surface area (Å²) in [6.45, 7) is 3.76. The topological polar surface area (TPSA) is 77.6 Å². The number of hydrogen-bond donors (Lipinski definition) is 1. The van der Waals surface area contributed by atoms with E-state index in [0.717, 1.165) is 22.6 Å². The summed E-state index contributed by atoms with van der Waals surface area (Å²) in [5.41, 5.74) is 3.18. The molecule has 7 nitrogen and oxygen atoms in total. The lowest BCUT2D eigenvalue weighted by Gasteiger charge is -2.06. The van der Waals surface area contributed by atoms with E-state index >= 15 is 0 Å². The quantitative estimate of drug-likeness (QED) is 0.695. The monoisotopic (exact) mass is 374 g/mol. The van der Waals surface area contributed by atoms with Crippen molar-refractivity contribution in [3.8, 4) is 11.4 Å². The van der Waals surface area contributed by atoms with Gasteiger partial charge in [0.25, 0.3) is 0 Å². The number of nitrogens with zero attached hydrogens (tertiary/aromatic N) is 5. The molecule has 0 unspecified atom stereocenters. The van der Waals surface area contributed by atoms with Crippen molar-refractivity contribution in [2.45, 2.75) is 19.0 Å². The highest BCUT2D eigenvalue weighted by Gasteiger charge is 2.15. The number of hydrogen-bond acceptors (Lipinski definition) is 5. The number of amides is 1. The zero-order chi connectivity index (χ0) is 18.8. The molecule has 26 heavy (non-hydrogen) atoms. The smallest absolute Gasteiger partial charge is 0.234 e. The molecule has 0 aliphatic rings. The van der Waals surface area contributed by atoms with Crippen molar-refractivity contribution in [2.75, 3.05) is 11.1 Å². The van der Waals surface area contributed by atoms with Gasteiger partial charge >= 0.3 is 0 Å². The van der Waals surface area contributed by atoms with Crippen LogP contribution < -0.4 is 5.32 Å². The molecule has 3 aromatic rings. The number of benzene rings is 1. The molecule has 9 heteroatoms. The zero-order valence-corrected chi connectivity index (χ0v) is 15.8. The molecule has 3 rings (SSSR count). The van der Waals surface area contributed by atoms with Crippen molar-refractivity contribution in [3.63, 3.8) is 0 Å². The third-order valence-corrected chi connectivity index (χ3v) is 5.06. The summed E-state index contributed by atoms with van der Waals surface area (Å²) in [4.78, 5) is 12.3. The second kappa shape index (κ2) is 7.28. The zero-order valence-electron chi connectivity index (χ0n) is 14.9. The first kappa shape index (κ1) is 18.1. The van der Waals surface area contributed by atoms with E-state index in [2.05, 4.69) is 20.6 Å². The Morgan fingerprint density at radius 3 is 2.50 bits per heavy atom. The molecule has 1 aromatic carbocycles. The van der Waals surface area contributed by atoms with E-state index in [1.165, 1.54) is 23.9 Å². The van der Waals surface area contributed by atoms with Crippen LogP contribution in [0.3, 0.4) is 0 Å². The highest BCUT2D eigenvalue weighted by atomic mass is 32.2. The molecule has 2 aromatic heterocycles. The van der Waals surface area contributed by atoms with Gasteiger partial charge in [0, 0.05) is 19.7 Å². The third-order valence-electron chi connectivity index (χ3n) is 4.04. The number of halogens is 1. The van der Waals surface area contributed by atoms with E-state index in [0.29, 0.717) is 11.0 Å². The number of aromatic nitrogens is 5. The minimum absolute atomic E-state index is 0.138. The van der Waals surface area contributed by atoms with Gasteiger partial charge in [-0.25, -0.2) is 4.39 Å². The molecule has 0 radical (unpaired) electrons. The van der Waals surface area contributed by atoms with Crippen molar-refractivity contribution in [1.29, 1.82) is 0 Å². The van der Waals surface area contributed by atoms with Gasteiger partial charge in [-0.1, -0.05) is 11.8 Å². The Morgan fingerprint density at radius 1 is 1.19 bits per heavy atom. The number of carbonyl (C=O) groups excluding carboxylic acids is 1. The molecule has 0 saturated carbocycles. The van der Waals surface area contributed by atoms with Crippen molar-refractivity contribution in [1.82, 2.24) is 24.5 Å². The van der Waals surface area contributed by atoms with E-state index in [-0.39, 0.29) is 17.5 Å². The van der Waals surface area contributed by atoms with Gasteiger partial charge in [0.2, 0.25) is 5.91 Å². The lowest BCUT2D eigenvalue weighted by atomic mass is 10.2. The molecule has 0 atom stereocenters. The maximum Gasteiger partial charge on any atom is 0.234 e. The number of aryl methyl sites for hydroxylation is 2. The van der Waals surface area contributed by atoms with Crippen LogP contribution in [0.5, 0.6) is 0 Å². The maximum atomic E-state index is 13.1. The van der Waals surface area contributed by atoms with Gasteiger partial charge in [0.05, 0.1) is 22.8 Å². The molecule has 1 amide bonds. The molecule has 0 saturated heterocycles. The Kier molecular flexibility index (Phi) is 5.08. The molecular weight excluding hydrogens is 355 g/mol. The van der Waals surface area contributed by atoms with Crippen LogP contribution in [-0.2, 0) is 18.9 Å². The highest BCUT2D eigenvalue weighted by molar-refractivity contribution is 7.99. The van der Waals surface area contributed by atoms with E-state index in [1.54, 1.807) is 21.4 Å². The standard InChI is InChI=1S/C17H19FN6OS/c1-10-15(11(2)24(4)22-10)19-14(25)9-26-17-21-20-16(23(17)3)12-5-7-13(18)8-6-12/h5-8H,9H2,1-4H3,(H,19,25). The number of anilines is 1. The highest BCUT2D eigenvalue weighted by Crippen LogP contribution is 2.24. The summed E-state index contributed by atoms with van der Waals surface area (Å²) < 4.78 is 16.6. The Bertz CT molecular complexity index is 947. The van der Waals surface area contributed by atoms with E-state index < -0.39 is 0 Å². The second-order valence-electron chi connectivity index (χ2n) is 5.88. The molecule has 136 valence electrons. The molecular formula is C17H19FN6OS. The first-order valence-corrected chi connectivity index (χ1v) is 8.93. The first-order valence-electron chi connectivity index (χ1n) is 7.95. The summed E-state index contributed by atoms with van der Waals surface area (Å²) in [5, 5.41) is 16.0. The van der Waals surface area contributed by atoms with E-state index in [4.69, 9.17) is 0 Å². The van der Waals surface area contributed by atoms with Crippen molar-refractivity contribution < 1.29 is 9.18 Å². The molecule has 0 spiro atoms. The Labute approximate surface area is 154 Å². The average molecular weight is 374 g/mol. The summed E-state index contributed by atoms with van der Waals surface area (Å²) in [6.07, 6.45) is 0. The van der Waals surface area contributed by atoms with Gasteiger partial charge in [-0.2, -0.15) is 5.10 Å². The molecule has 0 fully saturated rings. The van der Waals surface area contributed by atoms with Gasteiger partial charge in [-0.15, -0.1) is 10.2 Å². The van der Waals surface area contributed by atoms with Gasteiger partial charge in [-0.05, 0) is 38.1 Å². The number of rotatable bonds is 5. The van der Waals surface area contributed by atoms with E-state index in [9.17, 15) is 9.18 Å². The van der Waals surface area contributed by atoms with Gasteiger partial charge in [0.15, 0.2) is 11.0 Å². The largest absolute Gasteiger partial charge is 0.322 e. The average Bonchev–Trinajstić information content (AvgIpc) is 3.08. The van der Waals surface area contributed by atoms with Crippen LogP contribution in [0.1, 0.15) is 11.4 Å².